The van der Waals surface area contributed by atoms with Crippen LogP contribution in [0.1, 0.15) is 26.7 Å². The molecule has 0 fully saturated rings. The minimum atomic E-state index is -0.323. The highest BCUT2D eigenvalue weighted by Crippen LogP contribution is 2.06. The summed E-state index contributed by atoms with van der Waals surface area (Å²) >= 11 is 0. The predicted molar refractivity (Wildman–Crippen MR) is 68.4 cm³/mol. The molecule has 0 aromatic carbocycles. The van der Waals surface area contributed by atoms with E-state index in [1.54, 1.807) is 19.2 Å². The second kappa shape index (κ2) is 6.39. The average Bonchev–Trinajstić information content (AvgIpc) is 2.29. The number of nitrogens with zero attached hydrogens (tertiary/aromatic N) is 3. The van der Waals surface area contributed by atoms with Gasteiger partial charge in [0, 0.05) is 26.2 Å². The molecule has 5 heteroatoms. The Morgan fingerprint density at radius 1 is 1.59 bits per heavy atom. The summed E-state index contributed by atoms with van der Waals surface area (Å²) < 4.78 is 1.44. The first-order chi connectivity index (χ1) is 8.04. The normalized spacial score (nSPS) is 12.5. The fraction of sp³-hybridized carbons (Fsp3) is 0.667. The number of rotatable bonds is 6. The second-order valence-corrected chi connectivity index (χ2v) is 4.28. The third kappa shape index (κ3) is 4.19. The SMILES string of the molecule is CCN(C)c1cnn(CCCC(C)O)c(=O)c1. The zero-order chi connectivity index (χ0) is 12.8. The summed E-state index contributed by atoms with van der Waals surface area (Å²) in [7, 11) is 1.92. The van der Waals surface area contributed by atoms with Gasteiger partial charge in [-0.15, -0.1) is 0 Å². The van der Waals surface area contributed by atoms with Crippen LogP contribution in [0.15, 0.2) is 17.1 Å². The van der Waals surface area contributed by atoms with Crippen LogP contribution in [0, 0.1) is 0 Å². The Balaban J connectivity index is 2.67. The third-order valence-corrected chi connectivity index (χ3v) is 2.76. The molecule has 1 unspecified atom stereocenters. The molecule has 0 saturated heterocycles. The van der Waals surface area contributed by atoms with Gasteiger partial charge in [-0.3, -0.25) is 4.79 Å². The van der Waals surface area contributed by atoms with Gasteiger partial charge in [0.2, 0.25) is 0 Å². The Morgan fingerprint density at radius 2 is 2.29 bits per heavy atom. The van der Waals surface area contributed by atoms with Crippen molar-refractivity contribution >= 4 is 5.69 Å². The van der Waals surface area contributed by atoms with Gasteiger partial charge in [-0.25, -0.2) is 4.68 Å². The van der Waals surface area contributed by atoms with Gasteiger partial charge < -0.3 is 10.0 Å². The summed E-state index contributed by atoms with van der Waals surface area (Å²) in [5, 5.41) is 13.3. The Labute approximate surface area is 102 Å². The van der Waals surface area contributed by atoms with E-state index in [0.29, 0.717) is 13.0 Å². The minimum absolute atomic E-state index is 0.0895. The van der Waals surface area contributed by atoms with Gasteiger partial charge in [-0.05, 0) is 26.7 Å². The van der Waals surface area contributed by atoms with Gasteiger partial charge in [0.1, 0.15) is 0 Å². The van der Waals surface area contributed by atoms with Crippen LogP contribution in [0.4, 0.5) is 5.69 Å². The monoisotopic (exact) mass is 239 g/mol. The number of aromatic nitrogens is 2. The topological polar surface area (TPSA) is 58.4 Å². The van der Waals surface area contributed by atoms with Crippen molar-refractivity contribution in [3.05, 3.63) is 22.6 Å². The Kier molecular flexibility index (Phi) is 5.15. The van der Waals surface area contributed by atoms with Gasteiger partial charge in [-0.2, -0.15) is 5.10 Å². The maximum atomic E-state index is 11.7. The average molecular weight is 239 g/mol. The van der Waals surface area contributed by atoms with Crippen molar-refractivity contribution in [3.63, 3.8) is 0 Å². The highest BCUT2D eigenvalue weighted by molar-refractivity contribution is 5.41. The molecule has 0 aliphatic carbocycles. The van der Waals surface area contributed by atoms with E-state index in [4.69, 9.17) is 5.11 Å². The van der Waals surface area contributed by atoms with E-state index in [1.807, 2.05) is 18.9 Å². The number of aliphatic hydroxyl groups excluding tert-OH is 1. The van der Waals surface area contributed by atoms with Crippen LogP contribution in [0.5, 0.6) is 0 Å². The fourth-order valence-electron chi connectivity index (χ4n) is 1.52. The first kappa shape index (κ1) is 13.7. The molecule has 1 aromatic heterocycles. The fourth-order valence-corrected chi connectivity index (χ4v) is 1.52. The smallest absolute Gasteiger partial charge is 0.268 e. The lowest BCUT2D eigenvalue weighted by Gasteiger charge is -2.16. The van der Waals surface area contributed by atoms with Crippen molar-refractivity contribution in [1.29, 1.82) is 0 Å². The van der Waals surface area contributed by atoms with Gasteiger partial charge in [0.05, 0.1) is 18.0 Å². The standard InChI is InChI=1S/C12H21N3O2/c1-4-14(3)11-8-12(17)15(13-9-11)7-5-6-10(2)16/h8-10,16H,4-7H2,1-3H3. The van der Waals surface area contributed by atoms with Gasteiger partial charge in [-0.1, -0.05) is 0 Å². The molecule has 96 valence electrons. The van der Waals surface area contributed by atoms with Crippen molar-refractivity contribution in [2.75, 3.05) is 18.5 Å². The number of aliphatic hydroxyl groups is 1. The van der Waals surface area contributed by atoms with E-state index in [0.717, 1.165) is 18.7 Å². The third-order valence-electron chi connectivity index (χ3n) is 2.76. The molecule has 0 saturated carbocycles. The molecule has 1 atom stereocenters. The van der Waals surface area contributed by atoms with Crippen molar-refractivity contribution in [3.8, 4) is 0 Å². The Morgan fingerprint density at radius 3 is 2.82 bits per heavy atom. The second-order valence-electron chi connectivity index (χ2n) is 4.28. The summed E-state index contributed by atoms with van der Waals surface area (Å²) in [4.78, 5) is 13.7. The summed E-state index contributed by atoms with van der Waals surface area (Å²) in [6.45, 7) is 5.16. The molecule has 0 bridgehead atoms. The zero-order valence-corrected chi connectivity index (χ0v) is 10.8. The molecule has 1 rings (SSSR count). The van der Waals surface area contributed by atoms with E-state index in [1.165, 1.54) is 4.68 Å². The molecule has 0 aliphatic rings. The first-order valence-electron chi connectivity index (χ1n) is 6.01. The van der Waals surface area contributed by atoms with Crippen LogP contribution >= 0.6 is 0 Å². The van der Waals surface area contributed by atoms with Gasteiger partial charge in [0.25, 0.3) is 5.56 Å². The lowest BCUT2D eigenvalue weighted by atomic mass is 10.2. The van der Waals surface area contributed by atoms with Crippen LogP contribution in [0.2, 0.25) is 0 Å². The van der Waals surface area contributed by atoms with Crippen molar-refractivity contribution in [1.82, 2.24) is 9.78 Å². The molecule has 1 heterocycles. The van der Waals surface area contributed by atoms with Gasteiger partial charge in [0.15, 0.2) is 0 Å². The first-order valence-corrected chi connectivity index (χ1v) is 6.01. The van der Waals surface area contributed by atoms with Gasteiger partial charge >= 0.3 is 0 Å². The maximum absolute atomic E-state index is 11.7. The number of hydrogen-bond donors (Lipinski definition) is 1. The minimum Gasteiger partial charge on any atom is -0.393 e. The summed E-state index contributed by atoms with van der Waals surface area (Å²) in [5.74, 6) is 0. The van der Waals surface area contributed by atoms with E-state index >= 15 is 0 Å². The molecule has 1 aromatic rings. The van der Waals surface area contributed by atoms with E-state index < -0.39 is 0 Å². The van der Waals surface area contributed by atoms with Crippen LogP contribution in [-0.2, 0) is 6.54 Å². The largest absolute Gasteiger partial charge is 0.393 e. The zero-order valence-electron chi connectivity index (χ0n) is 10.8. The van der Waals surface area contributed by atoms with Crippen molar-refractivity contribution in [2.24, 2.45) is 0 Å². The number of anilines is 1. The van der Waals surface area contributed by atoms with Crippen LogP contribution < -0.4 is 10.5 Å². The Hall–Kier alpha value is -1.36. The van der Waals surface area contributed by atoms with Crippen molar-refractivity contribution < 1.29 is 5.11 Å². The predicted octanol–water partition coefficient (Wildman–Crippen LogP) is 0.860. The lowest BCUT2D eigenvalue weighted by molar-refractivity contribution is 0.178. The molecule has 0 spiro atoms. The van der Waals surface area contributed by atoms with E-state index in [2.05, 4.69) is 5.10 Å². The Bertz CT molecular complexity index is 401. The van der Waals surface area contributed by atoms with Crippen molar-refractivity contribution in [2.45, 2.75) is 39.3 Å². The highest BCUT2D eigenvalue weighted by Gasteiger charge is 2.03. The lowest BCUT2D eigenvalue weighted by Crippen LogP contribution is -2.25. The quantitative estimate of drug-likeness (QED) is 0.800. The van der Waals surface area contributed by atoms with E-state index in [-0.39, 0.29) is 11.7 Å². The van der Waals surface area contributed by atoms with Crippen LogP contribution in [0.25, 0.3) is 0 Å². The number of hydrogen-bond acceptors (Lipinski definition) is 4. The number of aryl methyl sites for hydroxylation is 1. The molecular weight excluding hydrogens is 218 g/mol. The molecule has 5 nitrogen and oxygen atoms in total. The molecule has 0 aliphatic heterocycles. The molecule has 0 radical (unpaired) electrons. The maximum Gasteiger partial charge on any atom is 0.268 e. The molecule has 1 N–H and O–H groups in total. The van der Waals surface area contributed by atoms with Crippen LogP contribution in [0.3, 0.4) is 0 Å². The summed E-state index contributed by atoms with van der Waals surface area (Å²) in [6, 6.07) is 1.60. The molecular formula is C12H21N3O2. The van der Waals surface area contributed by atoms with Crippen LogP contribution in [-0.4, -0.2) is 34.6 Å². The summed E-state index contributed by atoms with van der Waals surface area (Å²) in [6.07, 6.45) is 2.82. The molecule has 0 amide bonds. The van der Waals surface area contributed by atoms with E-state index in [9.17, 15) is 4.79 Å². The molecule has 17 heavy (non-hydrogen) atoms. The summed E-state index contributed by atoms with van der Waals surface area (Å²) in [5.41, 5.74) is 0.748. The highest BCUT2D eigenvalue weighted by atomic mass is 16.3.